The minimum Gasteiger partial charge on any atom is -0.208 e. The van der Waals surface area contributed by atoms with E-state index in [0.717, 1.165) is 12.8 Å². The van der Waals surface area contributed by atoms with Crippen LogP contribution in [0.3, 0.4) is 0 Å². The molecule has 0 aromatic heterocycles. The molecule has 20 heavy (non-hydrogen) atoms. The molecule has 1 saturated carbocycles. The van der Waals surface area contributed by atoms with E-state index in [4.69, 9.17) is 23.2 Å². The van der Waals surface area contributed by atoms with Crippen molar-refractivity contribution in [1.29, 1.82) is 0 Å². The molecule has 0 amide bonds. The van der Waals surface area contributed by atoms with Crippen molar-refractivity contribution in [1.82, 2.24) is 4.72 Å². The Morgan fingerprint density at radius 1 is 1.20 bits per heavy atom. The third-order valence-corrected chi connectivity index (χ3v) is 6.87. The highest BCUT2D eigenvalue weighted by atomic mass is 79.9. The van der Waals surface area contributed by atoms with Crippen LogP contribution in [0.1, 0.15) is 26.7 Å². The van der Waals surface area contributed by atoms with Crippen molar-refractivity contribution in [3.8, 4) is 0 Å². The predicted molar refractivity (Wildman–Crippen MR) is 85.8 cm³/mol. The normalized spacial score (nSPS) is 26.9. The van der Waals surface area contributed by atoms with E-state index in [-0.39, 0.29) is 21.0 Å². The van der Waals surface area contributed by atoms with Crippen molar-refractivity contribution in [3.63, 3.8) is 0 Å². The van der Waals surface area contributed by atoms with Crippen molar-refractivity contribution >= 4 is 49.2 Å². The average Bonchev–Trinajstić information content (AvgIpc) is 2.58. The lowest BCUT2D eigenvalue weighted by Gasteiger charge is -2.20. The monoisotopic (exact) mass is 399 g/mol. The minimum absolute atomic E-state index is 0.0456. The van der Waals surface area contributed by atoms with Crippen LogP contribution in [0.25, 0.3) is 0 Å². The number of nitrogens with one attached hydrogen (secondary N) is 1. The first-order valence-electron chi connectivity index (χ1n) is 6.39. The maximum atomic E-state index is 12.5. The molecular weight excluding hydrogens is 385 g/mol. The van der Waals surface area contributed by atoms with Crippen LogP contribution in [0.4, 0.5) is 0 Å². The smallest absolute Gasteiger partial charge is 0.208 e. The topological polar surface area (TPSA) is 46.2 Å². The summed E-state index contributed by atoms with van der Waals surface area (Å²) in [6.45, 7) is 4.20. The lowest BCUT2D eigenvalue weighted by molar-refractivity contribution is 0.402. The third-order valence-electron chi connectivity index (χ3n) is 4.00. The van der Waals surface area contributed by atoms with Gasteiger partial charge in [0.1, 0.15) is 4.90 Å². The molecule has 3 atom stereocenters. The van der Waals surface area contributed by atoms with Crippen LogP contribution in [0, 0.1) is 11.8 Å². The summed E-state index contributed by atoms with van der Waals surface area (Å²) in [5.41, 5.74) is 0. The predicted octanol–water partition coefficient (Wildman–Crippen LogP) is 4.47. The van der Waals surface area contributed by atoms with Gasteiger partial charge in [0, 0.05) is 10.5 Å². The quantitative estimate of drug-likeness (QED) is 0.813. The number of hydrogen-bond donors (Lipinski definition) is 1. The van der Waals surface area contributed by atoms with Gasteiger partial charge in [-0.3, -0.25) is 0 Å². The van der Waals surface area contributed by atoms with Gasteiger partial charge in [-0.05, 0) is 36.8 Å². The van der Waals surface area contributed by atoms with Gasteiger partial charge in [-0.15, -0.1) is 0 Å². The third kappa shape index (κ3) is 3.33. The summed E-state index contributed by atoms with van der Waals surface area (Å²) in [5.74, 6) is 0.816. The minimum atomic E-state index is -3.71. The Kier molecular flexibility index (Phi) is 5.07. The molecule has 1 aromatic rings. The molecule has 3 nitrogen and oxygen atoms in total. The number of halogens is 3. The lowest BCUT2D eigenvalue weighted by Crippen LogP contribution is -2.37. The Hall–Kier alpha value is 0.190. The van der Waals surface area contributed by atoms with E-state index in [0.29, 0.717) is 16.3 Å². The van der Waals surface area contributed by atoms with E-state index in [2.05, 4.69) is 34.5 Å². The Morgan fingerprint density at radius 3 is 2.20 bits per heavy atom. The first-order chi connectivity index (χ1) is 9.22. The fourth-order valence-electron chi connectivity index (χ4n) is 2.57. The van der Waals surface area contributed by atoms with Crippen LogP contribution >= 0.6 is 39.1 Å². The van der Waals surface area contributed by atoms with E-state index in [1.54, 1.807) is 0 Å². The molecule has 7 heteroatoms. The number of benzene rings is 1. The molecule has 3 unspecified atom stereocenters. The van der Waals surface area contributed by atoms with Crippen LogP contribution in [0.2, 0.25) is 10.0 Å². The molecule has 0 aliphatic heterocycles. The summed E-state index contributed by atoms with van der Waals surface area (Å²) in [4.78, 5) is -0.0456. The van der Waals surface area contributed by atoms with Crippen LogP contribution in [0.5, 0.6) is 0 Å². The molecule has 1 aliphatic carbocycles. The standard InChI is InChI=1S/C13H16BrCl2NO2S/c1-7-3-4-12(8(7)2)17-20(18,19)13-10(15)5-9(14)6-11(13)16/h5-8,12,17H,3-4H2,1-2H3. The summed E-state index contributed by atoms with van der Waals surface area (Å²) in [7, 11) is -3.71. The highest BCUT2D eigenvalue weighted by Crippen LogP contribution is 2.35. The maximum Gasteiger partial charge on any atom is 0.243 e. The molecule has 2 rings (SSSR count). The Balaban J connectivity index is 2.32. The van der Waals surface area contributed by atoms with Crippen molar-refractivity contribution in [2.75, 3.05) is 0 Å². The Labute approximate surface area is 138 Å². The summed E-state index contributed by atoms with van der Waals surface area (Å²) in [5, 5.41) is 0.242. The van der Waals surface area contributed by atoms with E-state index in [9.17, 15) is 8.42 Å². The van der Waals surface area contributed by atoms with Gasteiger partial charge in [0.05, 0.1) is 10.0 Å². The molecule has 0 bridgehead atoms. The summed E-state index contributed by atoms with van der Waals surface area (Å²) in [6, 6.07) is 3.00. The van der Waals surface area contributed by atoms with E-state index < -0.39 is 10.0 Å². The summed E-state index contributed by atoms with van der Waals surface area (Å²) >= 11 is 15.3. The average molecular weight is 401 g/mol. The molecule has 0 spiro atoms. The summed E-state index contributed by atoms with van der Waals surface area (Å²) in [6.07, 6.45) is 1.86. The number of hydrogen-bond acceptors (Lipinski definition) is 2. The molecular formula is C13H16BrCl2NO2S. The molecule has 0 saturated heterocycles. The van der Waals surface area contributed by atoms with Gasteiger partial charge in [-0.2, -0.15) is 0 Å². The first-order valence-corrected chi connectivity index (χ1v) is 9.42. The largest absolute Gasteiger partial charge is 0.243 e. The molecule has 112 valence electrons. The van der Waals surface area contributed by atoms with Gasteiger partial charge < -0.3 is 0 Å². The van der Waals surface area contributed by atoms with Crippen LogP contribution < -0.4 is 4.72 Å². The zero-order chi connectivity index (χ0) is 15.1. The second kappa shape index (κ2) is 6.13. The van der Waals surface area contributed by atoms with Crippen LogP contribution in [-0.4, -0.2) is 14.5 Å². The van der Waals surface area contributed by atoms with Crippen LogP contribution in [0.15, 0.2) is 21.5 Å². The fourth-order valence-corrected chi connectivity index (χ4v) is 5.87. The van der Waals surface area contributed by atoms with Crippen molar-refractivity contribution < 1.29 is 8.42 Å². The molecule has 1 aliphatic rings. The number of rotatable bonds is 3. The van der Waals surface area contributed by atoms with Crippen molar-refractivity contribution in [2.45, 2.75) is 37.6 Å². The zero-order valence-electron chi connectivity index (χ0n) is 11.2. The van der Waals surface area contributed by atoms with Gasteiger partial charge in [-0.25, -0.2) is 13.1 Å². The van der Waals surface area contributed by atoms with Gasteiger partial charge >= 0.3 is 0 Å². The van der Waals surface area contributed by atoms with Gasteiger partial charge in [-0.1, -0.05) is 53.0 Å². The van der Waals surface area contributed by atoms with Gasteiger partial charge in [0.25, 0.3) is 0 Å². The summed E-state index contributed by atoms with van der Waals surface area (Å²) < 4.78 is 28.4. The second-order valence-corrected chi connectivity index (χ2v) is 8.72. The van der Waals surface area contributed by atoms with Crippen molar-refractivity contribution in [3.05, 3.63) is 26.7 Å². The lowest BCUT2D eigenvalue weighted by atomic mass is 9.98. The molecule has 0 heterocycles. The molecule has 0 radical (unpaired) electrons. The Bertz CT molecular complexity index is 598. The van der Waals surface area contributed by atoms with E-state index >= 15 is 0 Å². The molecule has 1 N–H and O–H groups in total. The van der Waals surface area contributed by atoms with E-state index in [1.807, 2.05) is 0 Å². The highest BCUT2D eigenvalue weighted by molar-refractivity contribution is 9.10. The Morgan fingerprint density at radius 2 is 1.75 bits per heavy atom. The van der Waals surface area contributed by atoms with Gasteiger partial charge in [0.2, 0.25) is 10.0 Å². The molecule has 1 fully saturated rings. The van der Waals surface area contributed by atoms with Crippen LogP contribution in [-0.2, 0) is 10.0 Å². The molecule has 1 aromatic carbocycles. The SMILES string of the molecule is CC1CCC(NS(=O)(=O)c2c(Cl)cc(Br)cc2Cl)C1C. The van der Waals surface area contributed by atoms with Crippen molar-refractivity contribution in [2.24, 2.45) is 11.8 Å². The van der Waals surface area contributed by atoms with Gasteiger partial charge in [0.15, 0.2) is 0 Å². The maximum absolute atomic E-state index is 12.5. The van der Waals surface area contributed by atoms with E-state index in [1.165, 1.54) is 12.1 Å². The fraction of sp³-hybridized carbons (Fsp3) is 0.538. The highest BCUT2D eigenvalue weighted by Gasteiger charge is 2.34. The number of sulfonamides is 1. The first kappa shape index (κ1) is 16.6. The zero-order valence-corrected chi connectivity index (χ0v) is 15.1. The second-order valence-electron chi connectivity index (χ2n) is 5.34.